The van der Waals surface area contributed by atoms with Crippen molar-refractivity contribution >= 4 is 41.7 Å². The number of sulfone groups is 1. The van der Waals surface area contributed by atoms with Crippen molar-refractivity contribution in [2.75, 3.05) is 11.1 Å². The standard InChI is InChI=1S/C15H22Br2O2S/c1-15(2,3)20(18,19)8-7-13(11-16)9-12-5-4-6-14(17)10-12/h4-6,10,13H,7-9,11H2,1-3H3. The Hall–Kier alpha value is 0.130. The molecule has 0 aliphatic rings. The topological polar surface area (TPSA) is 34.1 Å². The molecule has 0 aromatic heterocycles. The minimum atomic E-state index is -3.03. The molecule has 0 amide bonds. The number of hydrogen-bond donors (Lipinski definition) is 0. The Labute approximate surface area is 139 Å². The quantitative estimate of drug-likeness (QED) is 0.623. The molecule has 0 bridgehead atoms. The van der Waals surface area contributed by atoms with Crippen LogP contribution in [0.25, 0.3) is 0 Å². The summed E-state index contributed by atoms with van der Waals surface area (Å²) in [6.45, 7) is 5.29. The van der Waals surface area contributed by atoms with E-state index in [4.69, 9.17) is 0 Å². The molecule has 0 heterocycles. The van der Waals surface area contributed by atoms with Gasteiger partial charge in [0.1, 0.15) is 0 Å². The molecule has 1 unspecified atom stereocenters. The van der Waals surface area contributed by atoms with Crippen LogP contribution >= 0.6 is 31.9 Å². The molecule has 1 aromatic rings. The summed E-state index contributed by atoms with van der Waals surface area (Å²) in [7, 11) is -3.03. The van der Waals surface area contributed by atoms with Gasteiger partial charge < -0.3 is 0 Å². The van der Waals surface area contributed by atoms with E-state index in [1.165, 1.54) is 5.56 Å². The zero-order chi connectivity index (χ0) is 15.4. The van der Waals surface area contributed by atoms with Crippen molar-refractivity contribution in [3.05, 3.63) is 34.3 Å². The number of hydrogen-bond acceptors (Lipinski definition) is 2. The molecular weight excluding hydrogens is 404 g/mol. The molecule has 0 fully saturated rings. The molecule has 1 rings (SSSR count). The van der Waals surface area contributed by atoms with Crippen LogP contribution in [0, 0.1) is 5.92 Å². The molecule has 20 heavy (non-hydrogen) atoms. The molecule has 0 aliphatic carbocycles. The third-order valence-corrected chi connectivity index (χ3v) is 7.41. The Bertz CT molecular complexity index is 533. The molecular formula is C15H22Br2O2S. The van der Waals surface area contributed by atoms with Crippen molar-refractivity contribution in [3.63, 3.8) is 0 Å². The van der Waals surface area contributed by atoms with Gasteiger partial charge in [0, 0.05) is 9.80 Å². The molecule has 0 spiro atoms. The van der Waals surface area contributed by atoms with Crippen LogP contribution in [0.3, 0.4) is 0 Å². The first-order valence-corrected chi connectivity index (χ1v) is 10.2. The summed E-state index contributed by atoms with van der Waals surface area (Å²) in [4.78, 5) is 0. The Balaban J connectivity index is 2.65. The Morgan fingerprint density at radius 1 is 1.25 bits per heavy atom. The summed E-state index contributed by atoms with van der Waals surface area (Å²) >= 11 is 6.97. The van der Waals surface area contributed by atoms with E-state index in [2.05, 4.69) is 44.0 Å². The fourth-order valence-electron chi connectivity index (χ4n) is 1.86. The average Bonchev–Trinajstić information content (AvgIpc) is 2.33. The van der Waals surface area contributed by atoms with Crippen molar-refractivity contribution in [2.45, 2.75) is 38.4 Å². The first-order chi connectivity index (χ1) is 9.15. The second kappa shape index (κ2) is 7.41. The normalized spacial score (nSPS) is 14.2. The third kappa shape index (κ3) is 5.49. The molecule has 1 atom stereocenters. The summed E-state index contributed by atoms with van der Waals surface area (Å²) in [5.41, 5.74) is 1.23. The van der Waals surface area contributed by atoms with Gasteiger partial charge in [0.25, 0.3) is 0 Å². The first-order valence-electron chi connectivity index (χ1n) is 6.68. The van der Waals surface area contributed by atoms with Crippen LogP contribution < -0.4 is 0 Å². The zero-order valence-electron chi connectivity index (χ0n) is 12.2. The molecule has 0 N–H and O–H groups in total. The summed E-state index contributed by atoms with van der Waals surface area (Å²) in [5.74, 6) is 0.585. The SMILES string of the molecule is CC(C)(C)S(=O)(=O)CCC(CBr)Cc1cccc(Br)c1. The van der Waals surface area contributed by atoms with Crippen LogP contribution in [0.1, 0.15) is 32.8 Å². The van der Waals surface area contributed by atoms with E-state index < -0.39 is 14.6 Å². The van der Waals surface area contributed by atoms with E-state index in [1.54, 1.807) is 20.8 Å². The lowest BCUT2D eigenvalue weighted by molar-refractivity contribution is 0.532. The highest BCUT2D eigenvalue weighted by Crippen LogP contribution is 2.22. The van der Waals surface area contributed by atoms with Gasteiger partial charge in [-0.15, -0.1) is 0 Å². The molecule has 114 valence electrons. The van der Waals surface area contributed by atoms with Crippen LogP contribution in [0.4, 0.5) is 0 Å². The maximum absolute atomic E-state index is 12.2. The Morgan fingerprint density at radius 3 is 2.40 bits per heavy atom. The molecule has 0 saturated heterocycles. The van der Waals surface area contributed by atoms with Gasteiger partial charge in [-0.25, -0.2) is 8.42 Å². The lowest BCUT2D eigenvalue weighted by atomic mass is 9.99. The smallest absolute Gasteiger partial charge is 0.155 e. The summed E-state index contributed by atoms with van der Waals surface area (Å²) < 4.78 is 24.7. The Kier molecular flexibility index (Phi) is 6.74. The molecule has 0 saturated carbocycles. The van der Waals surface area contributed by atoms with E-state index in [0.29, 0.717) is 12.3 Å². The van der Waals surface area contributed by atoms with Crippen LogP contribution in [-0.4, -0.2) is 24.2 Å². The summed E-state index contributed by atoms with van der Waals surface area (Å²) in [6, 6.07) is 8.18. The molecule has 0 radical (unpaired) electrons. The highest BCUT2D eigenvalue weighted by molar-refractivity contribution is 9.10. The maximum atomic E-state index is 12.2. The van der Waals surface area contributed by atoms with Gasteiger partial charge in [0.15, 0.2) is 9.84 Å². The highest BCUT2D eigenvalue weighted by atomic mass is 79.9. The van der Waals surface area contributed by atoms with Gasteiger partial charge in [-0.1, -0.05) is 44.0 Å². The van der Waals surface area contributed by atoms with Crippen LogP contribution in [-0.2, 0) is 16.3 Å². The number of alkyl halides is 1. The van der Waals surface area contributed by atoms with Gasteiger partial charge in [-0.2, -0.15) is 0 Å². The van der Waals surface area contributed by atoms with E-state index >= 15 is 0 Å². The van der Waals surface area contributed by atoms with E-state index in [1.807, 2.05) is 12.1 Å². The molecule has 1 aromatic carbocycles. The van der Waals surface area contributed by atoms with E-state index in [-0.39, 0.29) is 5.75 Å². The van der Waals surface area contributed by atoms with Crippen molar-refractivity contribution < 1.29 is 8.42 Å². The molecule has 0 aliphatic heterocycles. The van der Waals surface area contributed by atoms with Crippen molar-refractivity contribution in [2.24, 2.45) is 5.92 Å². The van der Waals surface area contributed by atoms with E-state index in [9.17, 15) is 8.42 Å². The van der Waals surface area contributed by atoms with Gasteiger partial charge in [-0.05, 0) is 57.2 Å². The van der Waals surface area contributed by atoms with Crippen LogP contribution in [0.2, 0.25) is 0 Å². The van der Waals surface area contributed by atoms with Gasteiger partial charge in [-0.3, -0.25) is 0 Å². The fraction of sp³-hybridized carbons (Fsp3) is 0.600. The average molecular weight is 426 g/mol. The maximum Gasteiger partial charge on any atom is 0.155 e. The largest absolute Gasteiger partial charge is 0.228 e. The lowest BCUT2D eigenvalue weighted by Gasteiger charge is -2.21. The highest BCUT2D eigenvalue weighted by Gasteiger charge is 2.29. The monoisotopic (exact) mass is 424 g/mol. The Morgan fingerprint density at radius 2 is 1.90 bits per heavy atom. The second-order valence-electron chi connectivity index (χ2n) is 6.07. The minimum absolute atomic E-state index is 0.251. The van der Waals surface area contributed by atoms with Crippen LogP contribution in [0.15, 0.2) is 28.7 Å². The zero-order valence-corrected chi connectivity index (χ0v) is 16.2. The summed E-state index contributed by atoms with van der Waals surface area (Å²) in [6.07, 6.45) is 1.59. The van der Waals surface area contributed by atoms with Gasteiger partial charge >= 0.3 is 0 Å². The lowest BCUT2D eigenvalue weighted by Crippen LogP contribution is -2.31. The summed E-state index contributed by atoms with van der Waals surface area (Å²) in [5, 5.41) is 0.819. The van der Waals surface area contributed by atoms with Crippen molar-refractivity contribution in [3.8, 4) is 0 Å². The number of benzene rings is 1. The molecule has 2 nitrogen and oxygen atoms in total. The van der Waals surface area contributed by atoms with Crippen LogP contribution in [0.5, 0.6) is 0 Å². The molecule has 5 heteroatoms. The number of halogens is 2. The minimum Gasteiger partial charge on any atom is -0.228 e. The van der Waals surface area contributed by atoms with Crippen molar-refractivity contribution in [1.82, 2.24) is 0 Å². The predicted molar refractivity (Wildman–Crippen MR) is 93.3 cm³/mol. The second-order valence-corrected chi connectivity index (χ2v) is 10.5. The number of rotatable bonds is 6. The fourth-order valence-corrected chi connectivity index (χ4v) is 4.11. The van der Waals surface area contributed by atoms with Gasteiger partial charge in [0.2, 0.25) is 0 Å². The van der Waals surface area contributed by atoms with Crippen molar-refractivity contribution in [1.29, 1.82) is 0 Å². The first kappa shape index (κ1) is 18.2. The third-order valence-electron chi connectivity index (χ3n) is 3.36. The predicted octanol–water partition coefficient (Wildman–Crippen LogP) is 4.61. The van der Waals surface area contributed by atoms with Gasteiger partial charge in [0.05, 0.1) is 10.5 Å². The van der Waals surface area contributed by atoms with E-state index in [0.717, 1.165) is 16.2 Å².